The van der Waals surface area contributed by atoms with Crippen LogP contribution < -0.4 is 0 Å². The lowest BCUT2D eigenvalue weighted by Gasteiger charge is -2.26. The summed E-state index contributed by atoms with van der Waals surface area (Å²) in [6.07, 6.45) is 8.55. The van der Waals surface area contributed by atoms with Crippen LogP contribution in [0.15, 0.2) is 11.6 Å². The monoisotopic (exact) mass is 224 g/mol. The molecule has 0 aromatic rings. The van der Waals surface area contributed by atoms with Crippen LogP contribution in [0.4, 0.5) is 0 Å². The molecule has 0 radical (unpaired) electrons. The smallest absolute Gasteiger partial charge is 0.330 e. The van der Waals surface area contributed by atoms with Crippen molar-refractivity contribution in [3.05, 3.63) is 11.6 Å². The van der Waals surface area contributed by atoms with Gasteiger partial charge in [-0.3, -0.25) is 0 Å². The third-order valence-corrected chi connectivity index (χ3v) is 4.53. The van der Waals surface area contributed by atoms with E-state index in [1.54, 1.807) is 14.0 Å². The number of carbonyl (C=O) groups is 1. The molecule has 2 saturated carbocycles. The third-order valence-electron chi connectivity index (χ3n) is 4.53. The molecular weight excluding hydrogens is 204 g/mol. The van der Waals surface area contributed by atoms with Crippen LogP contribution >= 0.6 is 0 Å². The second-order valence-electron chi connectivity index (χ2n) is 5.46. The van der Waals surface area contributed by atoms with Gasteiger partial charge >= 0.3 is 5.97 Å². The molecule has 2 bridgehead atoms. The highest BCUT2D eigenvalue weighted by Gasteiger charge is 2.53. The Bertz CT molecular complexity index is 322. The molecule has 2 aliphatic rings. The zero-order valence-electron chi connectivity index (χ0n) is 10.1. The van der Waals surface area contributed by atoms with Gasteiger partial charge in [-0.25, -0.2) is 4.79 Å². The van der Waals surface area contributed by atoms with Crippen molar-refractivity contribution < 1.29 is 14.6 Å². The van der Waals surface area contributed by atoms with Gasteiger partial charge in [-0.05, 0) is 50.9 Å². The zero-order chi connectivity index (χ0) is 11.8. The highest BCUT2D eigenvalue weighted by molar-refractivity contribution is 5.85. The summed E-state index contributed by atoms with van der Waals surface area (Å²) < 4.78 is 5.63. The maximum absolute atomic E-state index is 10.7. The van der Waals surface area contributed by atoms with Crippen LogP contribution in [-0.4, -0.2) is 23.8 Å². The molecule has 2 rings (SSSR count). The Labute approximate surface area is 96.5 Å². The Morgan fingerprint density at radius 1 is 1.38 bits per heavy atom. The molecule has 0 heterocycles. The lowest BCUT2D eigenvalue weighted by molar-refractivity contribution is -0.132. The highest BCUT2D eigenvalue weighted by Crippen LogP contribution is 2.59. The van der Waals surface area contributed by atoms with Gasteiger partial charge in [0, 0.05) is 12.7 Å². The number of hydrogen-bond donors (Lipinski definition) is 1. The minimum atomic E-state index is -0.801. The molecule has 0 unspecified atom stereocenters. The molecule has 90 valence electrons. The molecular formula is C13H20O3. The van der Waals surface area contributed by atoms with Crippen molar-refractivity contribution in [1.82, 2.24) is 0 Å². The van der Waals surface area contributed by atoms with Crippen molar-refractivity contribution in [3.8, 4) is 0 Å². The first-order valence-electron chi connectivity index (χ1n) is 5.96. The molecule has 3 heteroatoms. The van der Waals surface area contributed by atoms with Crippen molar-refractivity contribution in [2.24, 2.45) is 5.41 Å². The fraction of sp³-hybridized carbons (Fsp3) is 0.769. The second-order valence-corrected chi connectivity index (χ2v) is 5.46. The fourth-order valence-corrected chi connectivity index (χ4v) is 3.28. The first kappa shape index (κ1) is 11.6. The number of carboxylic acids is 1. The SMILES string of the molecule is COC12CCC(CC=C(C)C(=O)O)(CC1)C2. The Kier molecular flexibility index (Phi) is 2.82. The molecule has 0 aromatic heterocycles. The summed E-state index contributed by atoms with van der Waals surface area (Å²) in [6.45, 7) is 1.67. The molecule has 16 heavy (non-hydrogen) atoms. The van der Waals surface area contributed by atoms with Crippen LogP contribution in [-0.2, 0) is 9.53 Å². The van der Waals surface area contributed by atoms with Gasteiger partial charge in [0.25, 0.3) is 0 Å². The summed E-state index contributed by atoms with van der Waals surface area (Å²) in [6, 6.07) is 0. The Hall–Kier alpha value is -0.830. The number of rotatable bonds is 4. The average molecular weight is 224 g/mol. The van der Waals surface area contributed by atoms with Gasteiger partial charge < -0.3 is 9.84 Å². The number of aliphatic carboxylic acids is 1. The van der Waals surface area contributed by atoms with Crippen molar-refractivity contribution in [2.45, 2.75) is 51.0 Å². The van der Waals surface area contributed by atoms with Gasteiger partial charge in [0.1, 0.15) is 0 Å². The molecule has 1 N–H and O–H groups in total. The summed E-state index contributed by atoms with van der Waals surface area (Å²) in [5.41, 5.74) is 0.911. The molecule has 0 amide bonds. The van der Waals surface area contributed by atoms with Crippen LogP contribution in [0, 0.1) is 5.41 Å². The first-order valence-corrected chi connectivity index (χ1v) is 5.96. The van der Waals surface area contributed by atoms with E-state index in [4.69, 9.17) is 9.84 Å². The summed E-state index contributed by atoms with van der Waals surface area (Å²) >= 11 is 0. The molecule has 2 aliphatic carbocycles. The van der Waals surface area contributed by atoms with Crippen LogP contribution in [0.3, 0.4) is 0 Å². The minimum absolute atomic E-state index is 0.116. The van der Waals surface area contributed by atoms with Gasteiger partial charge in [-0.1, -0.05) is 6.08 Å². The molecule has 3 nitrogen and oxygen atoms in total. The van der Waals surface area contributed by atoms with Gasteiger partial charge in [0.2, 0.25) is 0 Å². The predicted molar refractivity (Wildman–Crippen MR) is 61.3 cm³/mol. The van der Waals surface area contributed by atoms with Crippen LogP contribution in [0.1, 0.15) is 45.4 Å². The Morgan fingerprint density at radius 2 is 2.00 bits per heavy atom. The summed E-state index contributed by atoms with van der Waals surface area (Å²) in [4.78, 5) is 10.7. The molecule has 2 fully saturated rings. The van der Waals surface area contributed by atoms with E-state index in [1.807, 2.05) is 6.08 Å². The largest absolute Gasteiger partial charge is 0.478 e. The Morgan fingerprint density at radius 3 is 2.44 bits per heavy atom. The molecule has 0 saturated heterocycles. The van der Waals surface area contributed by atoms with Crippen molar-refractivity contribution >= 4 is 5.97 Å². The van der Waals surface area contributed by atoms with Crippen LogP contribution in [0.5, 0.6) is 0 Å². The van der Waals surface area contributed by atoms with E-state index in [0.29, 0.717) is 11.0 Å². The average Bonchev–Trinajstić information content (AvgIpc) is 2.82. The number of allylic oxidation sites excluding steroid dienone is 1. The molecule has 0 aromatic carbocycles. The van der Waals surface area contributed by atoms with E-state index in [1.165, 1.54) is 12.8 Å². The number of ether oxygens (including phenoxy) is 1. The topological polar surface area (TPSA) is 46.5 Å². The predicted octanol–water partition coefficient (Wildman–Crippen LogP) is 2.76. The third kappa shape index (κ3) is 1.88. The quantitative estimate of drug-likeness (QED) is 0.747. The maximum Gasteiger partial charge on any atom is 0.330 e. The van der Waals surface area contributed by atoms with Crippen LogP contribution in [0.25, 0.3) is 0 Å². The molecule has 0 aliphatic heterocycles. The standard InChI is InChI=1S/C13H20O3/c1-10(11(14)15)3-4-12-5-7-13(9-12,16-2)8-6-12/h3H,4-9H2,1-2H3,(H,14,15). The van der Waals surface area contributed by atoms with E-state index < -0.39 is 5.97 Å². The lowest BCUT2D eigenvalue weighted by atomic mass is 9.81. The van der Waals surface area contributed by atoms with E-state index in [-0.39, 0.29) is 5.60 Å². The van der Waals surface area contributed by atoms with Crippen molar-refractivity contribution in [1.29, 1.82) is 0 Å². The van der Waals surface area contributed by atoms with Crippen LogP contribution in [0.2, 0.25) is 0 Å². The van der Waals surface area contributed by atoms with Gasteiger partial charge in [-0.15, -0.1) is 0 Å². The van der Waals surface area contributed by atoms with E-state index in [2.05, 4.69) is 0 Å². The molecule has 0 atom stereocenters. The van der Waals surface area contributed by atoms with Gasteiger partial charge in [0.15, 0.2) is 0 Å². The highest BCUT2D eigenvalue weighted by atomic mass is 16.5. The fourth-order valence-electron chi connectivity index (χ4n) is 3.28. The Balaban J connectivity index is 2.02. The number of methoxy groups -OCH3 is 1. The first-order chi connectivity index (χ1) is 7.51. The maximum atomic E-state index is 10.7. The summed E-state index contributed by atoms with van der Waals surface area (Å²) in [5, 5.41) is 8.83. The second kappa shape index (κ2) is 3.88. The van der Waals surface area contributed by atoms with E-state index in [9.17, 15) is 4.79 Å². The van der Waals surface area contributed by atoms with Crippen molar-refractivity contribution in [2.75, 3.05) is 7.11 Å². The normalized spacial score (nSPS) is 38.0. The number of carboxylic acid groups (broad SMARTS) is 1. The summed E-state index contributed by atoms with van der Waals surface area (Å²) in [5.74, 6) is -0.801. The lowest BCUT2D eigenvalue weighted by Crippen LogP contribution is -2.24. The summed E-state index contributed by atoms with van der Waals surface area (Å²) in [7, 11) is 1.81. The van der Waals surface area contributed by atoms with Gasteiger partial charge in [-0.2, -0.15) is 0 Å². The van der Waals surface area contributed by atoms with Gasteiger partial charge in [0.05, 0.1) is 5.60 Å². The minimum Gasteiger partial charge on any atom is -0.478 e. The molecule has 0 spiro atoms. The van der Waals surface area contributed by atoms with E-state index >= 15 is 0 Å². The number of hydrogen-bond acceptors (Lipinski definition) is 2. The van der Waals surface area contributed by atoms with E-state index in [0.717, 1.165) is 25.7 Å². The zero-order valence-corrected chi connectivity index (χ0v) is 10.1. The number of fused-ring (bicyclic) bond motifs is 2. The van der Waals surface area contributed by atoms with Crippen molar-refractivity contribution in [3.63, 3.8) is 0 Å².